The number of phenols is 1. The average Bonchev–Trinajstić information content (AvgIpc) is 2.71. The smallest absolute Gasteiger partial charge is 0.416 e. The highest BCUT2D eigenvalue weighted by atomic mass is 19.4. The Balaban J connectivity index is 1.89. The zero-order valence-electron chi connectivity index (χ0n) is 16.9. The van der Waals surface area contributed by atoms with E-state index in [0.717, 1.165) is 12.1 Å². The number of anilines is 1. The summed E-state index contributed by atoms with van der Waals surface area (Å²) in [6.07, 6.45) is -4.46. The van der Waals surface area contributed by atoms with Crippen molar-refractivity contribution in [2.24, 2.45) is 0 Å². The largest absolute Gasteiger partial charge is 0.507 e. The summed E-state index contributed by atoms with van der Waals surface area (Å²) in [6.45, 7) is 3.41. The van der Waals surface area contributed by atoms with E-state index in [4.69, 9.17) is 9.84 Å². The van der Waals surface area contributed by atoms with Crippen LogP contribution in [0.15, 0.2) is 54.6 Å². The molecule has 0 aliphatic heterocycles. The molecule has 32 heavy (non-hydrogen) atoms. The molecule has 0 aromatic heterocycles. The molecule has 9 heteroatoms. The van der Waals surface area contributed by atoms with Crippen LogP contribution in [0.4, 0.5) is 18.9 Å². The first-order chi connectivity index (χ1) is 15.0. The Morgan fingerprint density at radius 2 is 1.53 bits per heavy atom. The first-order valence-corrected chi connectivity index (χ1v) is 9.29. The van der Waals surface area contributed by atoms with Crippen molar-refractivity contribution in [3.63, 3.8) is 0 Å². The van der Waals surface area contributed by atoms with E-state index in [1.165, 1.54) is 30.3 Å². The highest BCUT2D eigenvalue weighted by Crippen LogP contribution is 2.38. The van der Waals surface area contributed by atoms with Gasteiger partial charge in [-0.3, -0.25) is 4.79 Å². The Bertz CT molecular complexity index is 1160. The maximum absolute atomic E-state index is 12.8. The number of nitrogens with one attached hydrogen (secondary N) is 1. The van der Waals surface area contributed by atoms with Gasteiger partial charge in [-0.15, -0.1) is 0 Å². The summed E-state index contributed by atoms with van der Waals surface area (Å²) < 4.78 is 44.3. The molecule has 0 aliphatic carbocycles. The summed E-state index contributed by atoms with van der Waals surface area (Å²) in [5.74, 6) is -2.14. The summed E-state index contributed by atoms with van der Waals surface area (Å²) in [5.41, 5.74) is 1.37. The molecule has 0 heterocycles. The molecular weight excluding hydrogens is 427 g/mol. The topological polar surface area (TPSA) is 95.9 Å². The molecule has 0 radical (unpaired) electrons. The van der Waals surface area contributed by atoms with Gasteiger partial charge in [0.2, 0.25) is 0 Å². The van der Waals surface area contributed by atoms with Crippen LogP contribution in [0.5, 0.6) is 17.2 Å². The van der Waals surface area contributed by atoms with Crippen molar-refractivity contribution >= 4 is 17.6 Å². The minimum Gasteiger partial charge on any atom is -0.507 e. The number of aryl methyl sites for hydroxylation is 2. The number of aliphatic carboxylic acids is 1. The van der Waals surface area contributed by atoms with Crippen LogP contribution in [0.3, 0.4) is 0 Å². The fraction of sp³-hybridized carbons (Fsp3) is 0.130. The second-order valence-corrected chi connectivity index (χ2v) is 7.05. The lowest BCUT2D eigenvalue weighted by atomic mass is 10.0. The summed E-state index contributed by atoms with van der Waals surface area (Å²) in [6, 6.07) is 11.8. The summed E-state index contributed by atoms with van der Waals surface area (Å²) in [4.78, 5) is 22.1. The maximum atomic E-state index is 12.8. The predicted octanol–water partition coefficient (Wildman–Crippen LogP) is 5.51. The van der Waals surface area contributed by atoms with E-state index in [1.54, 1.807) is 26.0 Å². The molecule has 3 aromatic rings. The fourth-order valence-corrected chi connectivity index (χ4v) is 3.13. The summed E-state index contributed by atoms with van der Waals surface area (Å²) >= 11 is 0. The van der Waals surface area contributed by atoms with Crippen molar-refractivity contribution in [3.8, 4) is 28.4 Å². The van der Waals surface area contributed by atoms with E-state index in [1.807, 2.05) is 0 Å². The van der Waals surface area contributed by atoms with Gasteiger partial charge in [-0.1, -0.05) is 12.1 Å². The van der Waals surface area contributed by atoms with Crippen molar-refractivity contribution in [1.29, 1.82) is 0 Å². The van der Waals surface area contributed by atoms with Crippen molar-refractivity contribution in [1.82, 2.24) is 0 Å². The molecular formula is C23H18F3NO5. The molecule has 1 amide bonds. The Morgan fingerprint density at radius 3 is 2.06 bits per heavy atom. The van der Waals surface area contributed by atoms with E-state index < -0.39 is 23.6 Å². The summed E-state index contributed by atoms with van der Waals surface area (Å²) in [7, 11) is 0. The van der Waals surface area contributed by atoms with Crippen LogP contribution >= 0.6 is 0 Å². The molecule has 0 unspecified atom stereocenters. The van der Waals surface area contributed by atoms with Crippen LogP contribution in [-0.2, 0) is 15.8 Å². The number of benzene rings is 3. The number of hydrogen-bond donors (Lipinski definition) is 3. The molecule has 0 spiro atoms. The minimum atomic E-state index is -4.46. The lowest BCUT2D eigenvalue weighted by Crippen LogP contribution is -2.21. The van der Waals surface area contributed by atoms with E-state index >= 15 is 0 Å². The quantitative estimate of drug-likeness (QED) is 0.460. The number of rotatable bonds is 4. The van der Waals surface area contributed by atoms with Gasteiger partial charge in [-0.25, -0.2) is 4.79 Å². The highest BCUT2D eigenvalue weighted by Gasteiger charge is 2.30. The molecule has 0 saturated carbocycles. The fourth-order valence-electron chi connectivity index (χ4n) is 3.13. The van der Waals surface area contributed by atoms with Crippen LogP contribution < -0.4 is 10.1 Å². The standard InChI is InChI=1S/C23H18F3NO5/c1-12-9-16(27-21(29)22(30)31)10-13(2)20(12)32-17-7-8-19(28)18(11-17)14-3-5-15(6-4-14)23(24,25)26/h3-11,28H,1-2H3,(H,27,29)(H,30,31). The molecule has 0 fully saturated rings. The van der Waals surface area contributed by atoms with Crippen LogP contribution in [0.1, 0.15) is 16.7 Å². The number of carboxylic acid groups (broad SMARTS) is 1. The van der Waals surface area contributed by atoms with Gasteiger partial charge < -0.3 is 20.3 Å². The molecule has 0 aliphatic rings. The van der Waals surface area contributed by atoms with Gasteiger partial charge in [0, 0.05) is 11.3 Å². The second kappa shape index (κ2) is 8.62. The van der Waals surface area contributed by atoms with Gasteiger partial charge >= 0.3 is 18.1 Å². The van der Waals surface area contributed by atoms with Gasteiger partial charge in [0.25, 0.3) is 0 Å². The predicted molar refractivity (Wildman–Crippen MR) is 111 cm³/mol. The SMILES string of the molecule is Cc1cc(NC(=O)C(=O)O)cc(C)c1Oc1ccc(O)c(-c2ccc(C(F)(F)F)cc2)c1. The third kappa shape index (κ3) is 5.00. The van der Waals surface area contributed by atoms with Gasteiger partial charge in [0.1, 0.15) is 17.2 Å². The lowest BCUT2D eigenvalue weighted by molar-refractivity contribution is -0.147. The number of carbonyl (C=O) groups is 2. The third-order valence-corrected chi connectivity index (χ3v) is 4.62. The van der Waals surface area contributed by atoms with Crippen LogP contribution in [0, 0.1) is 13.8 Å². The number of amides is 1. The van der Waals surface area contributed by atoms with Crippen molar-refractivity contribution in [2.45, 2.75) is 20.0 Å². The first-order valence-electron chi connectivity index (χ1n) is 9.29. The average molecular weight is 445 g/mol. The number of ether oxygens (including phenoxy) is 1. The number of halogens is 3. The summed E-state index contributed by atoms with van der Waals surface area (Å²) in [5, 5.41) is 21.2. The Kier molecular flexibility index (Phi) is 6.11. The molecule has 3 N–H and O–H groups in total. The van der Waals surface area contributed by atoms with E-state index in [0.29, 0.717) is 28.2 Å². The normalized spacial score (nSPS) is 11.2. The zero-order chi connectivity index (χ0) is 23.6. The molecule has 3 aromatic carbocycles. The highest BCUT2D eigenvalue weighted by molar-refractivity contribution is 6.36. The first kappa shape index (κ1) is 22.7. The number of carbonyl (C=O) groups excluding carboxylic acids is 1. The lowest BCUT2D eigenvalue weighted by Gasteiger charge is -2.15. The second-order valence-electron chi connectivity index (χ2n) is 7.05. The van der Waals surface area contributed by atoms with Crippen molar-refractivity contribution in [3.05, 3.63) is 71.3 Å². The Hall–Kier alpha value is -4.01. The van der Waals surface area contributed by atoms with Crippen molar-refractivity contribution < 1.29 is 37.7 Å². The van der Waals surface area contributed by atoms with Crippen LogP contribution in [-0.4, -0.2) is 22.1 Å². The zero-order valence-corrected chi connectivity index (χ0v) is 16.9. The van der Waals surface area contributed by atoms with Gasteiger partial charge in [0.15, 0.2) is 0 Å². The van der Waals surface area contributed by atoms with Gasteiger partial charge in [-0.2, -0.15) is 13.2 Å². The number of aromatic hydroxyl groups is 1. The number of carboxylic acids is 1. The van der Waals surface area contributed by atoms with Gasteiger partial charge in [0.05, 0.1) is 5.56 Å². The van der Waals surface area contributed by atoms with Crippen LogP contribution in [0.25, 0.3) is 11.1 Å². The molecule has 0 bridgehead atoms. The van der Waals surface area contributed by atoms with E-state index in [2.05, 4.69) is 5.32 Å². The monoisotopic (exact) mass is 445 g/mol. The number of alkyl halides is 3. The Labute approximate surface area is 180 Å². The molecule has 3 rings (SSSR count). The molecule has 6 nitrogen and oxygen atoms in total. The van der Waals surface area contributed by atoms with E-state index in [-0.39, 0.29) is 17.0 Å². The number of phenolic OH excluding ortho intramolecular Hbond substituents is 1. The maximum Gasteiger partial charge on any atom is 0.416 e. The van der Waals surface area contributed by atoms with Gasteiger partial charge in [-0.05, 0) is 73.0 Å². The Morgan fingerprint density at radius 1 is 0.938 bits per heavy atom. The van der Waals surface area contributed by atoms with Crippen LogP contribution in [0.2, 0.25) is 0 Å². The van der Waals surface area contributed by atoms with E-state index in [9.17, 15) is 27.9 Å². The minimum absolute atomic E-state index is 0.128. The molecule has 0 atom stereocenters. The third-order valence-electron chi connectivity index (χ3n) is 4.62. The molecule has 0 saturated heterocycles. The molecule has 166 valence electrons. The van der Waals surface area contributed by atoms with Crippen molar-refractivity contribution in [2.75, 3.05) is 5.32 Å². The number of hydrogen-bond acceptors (Lipinski definition) is 4.